The molecule has 106 valence electrons. The van der Waals surface area contributed by atoms with Crippen molar-refractivity contribution in [2.24, 2.45) is 5.41 Å². The van der Waals surface area contributed by atoms with Crippen molar-refractivity contribution in [3.05, 3.63) is 30.3 Å². The fourth-order valence-corrected chi connectivity index (χ4v) is 2.84. The lowest BCUT2D eigenvalue weighted by atomic mass is 9.78. The average molecular weight is 263 g/mol. The maximum atomic E-state index is 9.60. The number of rotatable bonds is 6. The van der Waals surface area contributed by atoms with Gasteiger partial charge < -0.3 is 9.84 Å². The number of likely N-dealkylation sites (tertiary alicyclic amines) is 1. The fourth-order valence-electron chi connectivity index (χ4n) is 2.84. The molecule has 2 rings (SSSR count). The minimum atomic E-state index is 0.116. The molecular formula is C16H25NO2. The first-order valence-electron chi connectivity index (χ1n) is 7.29. The fraction of sp³-hybridized carbons (Fsp3) is 0.625. The summed E-state index contributed by atoms with van der Waals surface area (Å²) < 4.78 is 5.74. The van der Waals surface area contributed by atoms with E-state index in [-0.39, 0.29) is 5.41 Å². The third-order valence-electron chi connectivity index (χ3n) is 4.25. The van der Waals surface area contributed by atoms with Crippen molar-refractivity contribution in [3.63, 3.8) is 0 Å². The van der Waals surface area contributed by atoms with Gasteiger partial charge in [-0.15, -0.1) is 0 Å². The summed E-state index contributed by atoms with van der Waals surface area (Å²) in [6.45, 7) is 6.27. The molecule has 0 amide bonds. The monoisotopic (exact) mass is 263 g/mol. The van der Waals surface area contributed by atoms with Crippen molar-refractivity contribution >= 4 is 0 Å². The minimum Gasteiger partial charge on any atom is -0.492 e. The molecule has 0 aliphatic carbocycles. The minimum absolute atomic E-state index is 0.116. The molecule has 1 heterocycles. The third kappa shape index (κ3) is 3.95. The Morgan fingerprint density at radius 1 is 1.32 bits per heavy atom. The molecule has 19 heavy (non-hydrogen) atoms. The van der Waals surface area contributed by atoms with Gasteiger partial charge in [-0.3, -0.25) is 4.90 Å². The number of aliphatic hydroxyl groups is 1. The van der Waals surface area contributed by atoms with E-state index in [4.69, 9.17) is 4.74 Å². The zero-order valence-corrected chi connectivity index (χ0v) is 11.8. The van der Waals surface area contributed by atoms with E-state index in [2.05, 4.69) is 11.8 Å². The molecule has 3 nitrogen and oxygen atoms in total. The van der Waals surface area contributed by atoms with E-state index < -0.39 is 0 Å². The third-order valence-corrected chi connectivity index (χ3v) is 4.25. The molecule has 0 saturated carbocycles. The highest BCUT2D eigenvalue weighted by molar-refractivity contribution is 5.20. The smallest absolute Gasteiger partial charge is 0.119 e. The first kappa shape index (κ1) is 14.4. The van der Waals surface area contributed by atoms with Gasteiger partial charge in [0.05, 0.1) is 0 Å². The standard InChI is InChI=1S/C16H25NO2/c1-2-16(14-18)9-6-10-17(13-16)11-12-19-15-7-4-3-5-8-15/h3-5,7-8,18H,2,6,9-14H2,1H3/t16-/m0/s1. The molecule has 0 bridgehead atoms. The van der Waals surface area contributed by atoms with E-state index in [0.717, 1.165) is 44.8 Å². The summed E-state index contributed by atoms with van der Waals surface area (Å²) in [5.74, 6) is 0.934. The quantitative estimate of drug-likeness (QED) is 0.856. The van der Waals surface area contributed by atoms with Gasteiger partial charge in [0.1, 0.15) is 12.4 Å². The van der Waals surface area contributed by atoms with Crippen LogP contribution in [0.1, 0.15) is 26.2 Å². The van der Waals surface area contributed by atoms with Gasteiger partial charge >= 0.3 is 0 Å². The van der Waals surface area contributed by atoms with Crippen LogP contribution in [0.15, 0.2) is 30.3 Å². The molecule has 1 N–H and O–H groups in total. The molecule has 1 aliphatic rings. The van der Waals surface area contributed by atoms with E-state index in [1.165, 1.54) is 6.42 Å². The van der Waals surface area contributed by atoms with Crippen LogP contribution in [0.5, 0.6) is 5.75 Å². The Hall–Kier alpha value is -1.06. The van der Waals surface area contributed by atoms with Crippen LogP contribution in [-0.2, 0) is 0 Å². The van der Waals surface area contributed by atoms with Crippen LogP contribution >= 0.6 is 0 Å². The van der Waals surface area contributed by atoms with Gasteiger partial charge in [-0.05, 0) is 37.9 Å². The average Bonchev–Trinajstić information content (AvgIpc) is 2.48. The zero-order valence-electron chi connectivity index (χ0n) is 11.8. The number of para-hydroxylation sites is 1. The van der Waals surface area contributed by atoms with Crippen LogP contribution in [-0.4, -0.2) is 42.9 Å². The summed E-state index contributed by atoms with van der Waals surface area (Å²) in [7, 11) is 0. The Morgan fingerprint density at radius 3 is 2.79 bits per heavy atom. The van der Waals surface area contributed by atoms with Crippen molar-refractivity contribution in [2.45, 2.75) is 26.2 Å². The van der Waals surface area contributed by atoms with Crippen molar-refractivity contribution in [3.8, 4) is 5.75 Å². The summed E-state index contributed by atoms with van der Waals surface area (Å²) in [6.07, 6.45) is 3.38. The van der Waals surface area contributed by atoms with E-state index >= 15 is 0 Å². The molecule has 0 aromatic heterocycles. The van der Waals surface area contributed by atoms with Crippen LogP contribution < -0.4 is 4.74 Å². The van der Waals surface area contributed by atoms with Crippen LogP contribution in [0.3, 0.4) is 0 Å². The Kier molecular flexibility index (Phi) is 5.23. The molecule has 3 heteroatoms. The van der Waals surface area contributed by atoms with Crippen LogP contribution in [0, 0.1) is 5.41 Å². The molecule has 1 aromatic rings. The maximum Gasteiger partial charge on any atom is 0.119 e. The van der Waals surface area contributed by atoms with Crippen molar-refractivity contribution in [1.82, 2.24) is 4.90 Å². The van der Waals surface area contributed by atoms with Gasteiger partial charge in [0.2, 0.25) is 0 Å². The Bertz CT molecular complexity index is 362. The number of piperidine rings is 1. The zero-order chi connectivity index (χ0) is 13.6. The highest BCUT2D eigenvalue weighted by atomic mass is 16.5. The van der Waals surface area contributed by atoms with Gasteiger partial charge in [0.15, 0.2) is 0 Å². The number of hydrogen-bond acceptors (Lipinski definition) is 3. The summed E-state index contributed by atoms with van der Waals surface area (Å²) in [4.78, 5) is 2.42. The Morgan fingerprint density at radius 2 is 2.11 bits per heavy atom. The van der Waals surface area contributed by atoms with E-state index in [0.29, 0.717) is 6.61 Å². The van der Waals surface area contributed by atoms with Gasteiger partial charge in [-0.25, -0.2) is 0 Å². The number of benzene rings is 1. The molecule has 0 spiro atoms. The van der Waals surface area contributed by atoms with Gasteiger partial charge in [0, 0.05) is 25.1 Å². The Balaban J connectivity index is 1.77. The molecule has 0 unspecified atom stereocenters. The molecule has 0 radical (unpaired) electrons. The molecule has 1 aliphatic heterocycles. The normalized spacial score (nSPS) is 24.3. The maximum absolute atomic E-state index is 9.60. The summed E-state index contributed by atoms with van der Waals surface area (Å²) >= 11 is 0. The SMILES string of the molecule is CC[C@]1(CO)CCCN(CCOc2ccccc2)C1. The molecule has 1 atom stereocenters. The molecule has 1 aromatic carbocycles. The van der Waals surface area contributed by atoms with E-state index in [1.54, 1.807) is 0 Å². The second kappa shape index (κ2) is 6.92. The van der Waals surface area contributed by atoms with Gasteiger partial charge in [-0.1, -0.05) is 25.1 Å². The molecule has 1 saturated heterocycles. The molecular weight excluding hydrogens is 238 g/mol. The predicted octanol–water partition coefficient (Wildman–Crippen LogP) is 2.55. The Labute approximate surface area is 116 Å². The number of aliphatic hydroxyl groups excluding tert-OH is 1. The second-order valence-electron chi connectivity index (χ2n) is 5.55. The summed E-state index contributed by atoms with van der Waals surface area (Å²) in [5, 5.41) is 9.60. The highest BCUT2D eigenvalue weighted by Crippen LogP contribution is 2.32. The highest BCUT2D eigenvalue weighted by Gasteiger charge is 2.32. The lowest BCUT2D eigenvalue weighted by Gasteiger charge is -2.41. The summed E-state index contributed by atoms with van der Waals surface area (Å²) in [5.41, 5.74) is 0.116. The van der Waals surface area contributed by atoms with Crippen LogP contribution in [0.25, 0.3) is 0 Å². The number of nitrogens with zero attached hydrogens (tertiary/aromatic N) is 1. The second-order valence-corrected chi connectivity index (χ2v) is 5.55. The van der Waals surface area contributed by atoms with Gasteiger partial charge in [0.25, 0.3) is 0 Å². The first-order valence-corrected chi connectivity index (χ1v) is 7.29. The van der Waals surface area contributed by atoms with Crippen LogP contribution in [0.4, 0.5) is 0 Å². The van der Waals surface area contributed by atoms with E-state index in [9.17, 15) is 5.11 Å². The topological polar surface area (TPSA) is 32.7 Å². The van der Waals surface area contributed by atoms with Crippen LogP contribution in [0.2, 0.25) is 0 Å². The number of hydrogen-bond donors (Lipinski definition) is 1. The summed E-state index contributed by atoms with van der Waals surface area (Å²) in [6, 6.07) is 9.95. The predicted molar refractivity (Wildman–Crippen MR) is 77.4 cm³/mol. The van der Waals surface area contributed by atoms with Crippen molar-refractivity contribution in [2.75, 3.05) is 32.8 Å². The van der Waals surface area contributed by atoms with E-state index in [1.807, 2.05) is 30.3 Å². The van der Waals surface area contributed by atoms with Gasteiger partial charge in [-0.2, -0.15) is 0 Å². The van der Waals surface area contributed by atoms with Crippen molar-refractivity contribution in [1.29, 1.82) is 0 Å². The lowest BCUT2D eigenvalue weighted by molar-refractivity contribution is 0.0242. The largest absolute Gasteiger partial charge is 0.492 e. The molecule has 1 fully saturated rings. The first-order chi connectivity index (χ1) is 9.28. The lowest BCUT2D eigenvalue weighted by Crippen LogP contribution is -2.46. The van der Waals surface area contributed by atoms with Crippen molar-refractivity contribution < 1.29 is 9.84 Å². The number of ether oxygens (including phenoxy) is 1.